The highest BCUT2D eigenvalue weighted by molar-refractivity contribution is 7.89. The van der Waals surface area contributed by atoms with E-state index in [4.69, 9.17) is 0 Å². The molecule has 1 heterocycles. The Morgan fingerprint density at radius 1 is 1.14 bits per heavy atom. The van der Waals surface area contributed by atoms with Gasteiger partial charge in [-0.05, 0) is 43.5 Å². The van der Waals surface area contributed by atoms with E-state index in [0.29, 0.717) is 32.4 Å². The lowest BCUT2D eigenvalue weighted by Gasteiger charge is -2.32. The van der Waals surface area contributed by atoms with Crippen molar-refractivity contribution in [2.45, 2.75) is 43.5 Å². The Bertz CT molecular complexity index is 865. The first-order valence-electron chi connectivity index (χ1n) is 9.16. The van der Waals surface area contributed by atoms with E-state index in [1.165, 1.54) is 0 Å². The van der Waals surface area contributed by atoms with Crippen LogP contribution in [0.15, 0.2) is 29.2 Å². The minimum Gasteiger partial charge on any atom is -0.343 e. The van der Waals surface area contributed by atoms with Crippen LogP contribution in [-0.2, 0) is 24.8 Å². The monoisotopic (exact) mass is 435 g/mol. The third-order valence-electron chi connectivity index (χ3n) is 4.42. The number of hydrogen-bond donors (Lipinski definition) is 2. The maximum absolute atomic E-state index is 12.9. The van der Waals surface area contributed by atoms with Crippen LogP contribution in [0.1, 0.15) is 32.6 Å². The van der Waals surface area contributed by atoms with Crippen molar-refractivity contribution in [1.29, 1.82) is 0 Å². The maximum Gasteiger partial charge on any atom is 0.240 e. The average Bonchev–Trinajstić information content (AvgIpc) is 2.62. The number of carbonyl (C=O) groups excluding carboxylic acids is 1. The minimum atomic E-state index is -3.80. The molecule has 0 radical (unpaired) electrons. The number of sulfonamides is 2. The van der Waals surface area contributed by atoms with Gasteiger partial charge in [-0.25, -0.2) is 30.7 Å². The van der Waals surface area contributed by atoms with Gasteiger partial charge in [-0.2, -0.15) is 0 Å². The van der Waals surface area contributed by atoms with Gasteiger partial charge in [0.25, 0.3) is 0 Å². The molecule has 1 aromatic rings. The summed E-state index contributed by atoms with van der Waals surface area (Å²) in [5, 5.41) is 0. The molecular formula is C17H26FN3O5S2. The number of benzene rings is 1. The lowest BCUT2D eigenvalue weighted by atomic mass is 10.1. The summed E-state index contributed by atoms with van der Waals surface area (Å²) in [6.45, 7) is 2.57. The molecule has 2 N–H and O–H groups in total. The van der Waals surface area contributed by atoms with Crippen LogP contribution in [0.5, 0.6) is 0 Å². The van der Waals surface area contributed by atoms with Crippen LogP contribution in [0.2, 0.25) is 0 Å². The van der Waals surface area contributed by atoms with Crippen LogP contribution in [0.3, 0.4) is 0 Å². The summed E-state index contributed by atoms with van der Waals surface area (Å²) in [5.74, 6) is -0.647. The van der Waals surface area contributed by atoms with Crippen molar-refractivity contribution in [2.24, 2.45) is 0 Å². The zero-order valence-corrected chi connectivity index (χ0v) is 17.4. The maximum atomic E-state index is 12.9. The largest absolute Gasteiger partial charge is 0.343 e. The molecular weight excluding hydrogens is 409 g/mol. The molecule has 0 unspecified atom stereocenters. The number of rotatable bonds is 9. The molecule has 0 spiro atoms. The normalized spacial score (nSPS) is 16.3. The number of carbonyl (C=O) groups is 1. The van der Waals surface area contributed by atoms with Gasteiger partial charge in [-0.15, -0.1) is 0 Å². The molecule has 1 aliphatic rings. The molecule has 0 saturated carbocycles. The molecule has 1 amide bonds. The van der Waals surface area contributed by atoms with Crippen molar-refractivity contribution in [3.8, 4) is 0 Å². The second-order valence-corrected chi connectivity index (χ2v) is 10.3. The topological polar surface area (TPSA) is 113 Å². The van der Waals surface area contributed by atoms with Gasteiger partial charge in [0.1, 0.15) is 5.82 Å². The molecule has 2 rings (SSSR count). The number of hydrogen-bond acceptors (Lipinski definition) is 5. The standard InChI is InChI=1S/C17H26FN3O5S2/c1-2-13-27(23,24)20-15-8-11-21(12-9-15)17(22)7-10-19-28(25,26)16-5-3-14(18)4-6-16/h3-6,15,19-20H,2,7-13H2,1H3. The van der Waals surface area contributed by atoms with E-state index in [2.05, 4.69) is 9.44 Å². The van der Waals surface area contributed by atoms with Crippen molar-refractivity contribution >= 4 is 26.0 Å². The third kappa shape index (κ3) is 6.80. The van der Waals surface area contributed by atoms with Gasteiger partial charge in [0.2, 0.25) is 26.0 Å². The molecule has 1 saturated heterocycles. The van der Waals surface area contributed by atoms with Crippen molar-refractivity contribution < 1.29 is 26.0 Å². The fraction of sp³-hybridized carbons (Fsp3) is 0.588. The zero-order chi connectivity index (χ0) is 20.8. The predicted octanol–water partition coefficient (Wildman–Crippen LogP) is 0.815. The second kappa shape index (κ2) is 9.77. The molecule has 1 aliphatic heterocycles. The van der Waals surface area contributed by atoms with Gasteiger partial charge in [-0.1, -0.05) is 6.92 Å². The van der Waals surface area contributed by atoms with Crippen LogP contribution < -0.4 is 9.44 Å². The summed E-state index contributed by atoms with van der Waals surface area (Å²) in [6.07, 6.45) is 1.58. The Kier molecular flexibility index (Phi) is 7.93. The predicted molar refractivity (Wildman–Crippen MR) is 103 cm³/mol. The fourth-order valence-electron chi connectivity index (χ4n) is 2.98. The van der Waals surface area contributed by atoms with E-state index in [9.17, 15) is 26.0 Å². The molecule has 0 aliphatic carbocycles. The molecule has 0 aromatic heterocycles. The highest BCUT2D eigenvalue weighted by atomic mass is 32.2. The van der Waals surface area contributed by atoms with Crippen LogP contribution in [0.4, 0.5) is 4.39 Å². The number of nitrogens with one attached hydrogen (secondary N) is 2. The minimum absolute atomic E-state index is 0.00729. The smallest absolute Gasteiger partial charge is 0.240 e. The Morgan fingerprint density at radius 3 is 2.32 bits per heavy atom. The SMILES string of the molecule is CCCS(=O)(=O)NC1CCN(C(=O)CCNS(=O)(=O)c2ccc(F)cc2)CC1. The van der Waals surface area contributed by atoms with Crippen molar-refractivity contribution in [3.63, 3.8) is 0 Å². The quantitative estimate of drug-likeness (QED) is 0.596. The van der Waals surface area contributed by atoms with Crippen molar-refractivity contribution in [1.82, 2.24) is 14.3 Å². The molecule has 0 bridgehead atoms. The lowest BCUT2D eigenvalue weighted by Crippen LogP contribution is -2.47. The van der Waals surface area contributed by atoms with E-state index in [-0.39, 0.29) is 35.6 Å². The fourth-order valence-corrected chi connectivity index (χ4v) is 5.41. The summed E-state index contributed by atoms with van der Waals surface area (Å²) in [4.78, 5) is 13.8. The van der Waals surface area contributed by atoms with E-state index >= 15 is 0 Å². The average molecular weight is 436 g/mol. The summed E-state index contributed by atoms with van der Waals surface area (Å²) in [6, 6.07) is 4.24. The summed E-state index contributed by atoms with van der Waals surface area (Å²) in [7, 11) is -7.08. The second-order valence-electron chi connectivity index (χ2n) is 6.69. The van der Waals surface area contributed by atoms with Gasteiger partial charge in [0, 0.05) is 32.1 Å². The number of amides is 1. The molecule has 28 heavy (non-hydrogen) atoms. The molecule has 1 fully saturated rings. The first-order chi connectivity index (χ1) is 13.1. The lowest BCUT2D eigenvalue weighted by molar-refractivity contribution is -0.132. The molecule has 158 valence electrons. The van der Waals surface area contributed by atoms with Crippen LogP contribution in [-0.4, -0.2) is 59.1 Å². The van der Waals surface area contributed by atoms with Crippen molar-refractivity contribution in [3.05, 3.63) is 30.1 Å². The number of nitrogens with zero attached hydrogens (tertiary/aromatic N) is 1. The van der Waals surface area contributed by atoms with Crippen LogP contribution in [0.25, 0.3) is 0 Å². The van der Waals surface area contributed by atoms with Crippen molar-refractivity contribution in [2.75, 3.05) is 25.4 Å². The molecule has 1 aromatic carbocycles. The number of likely N-dealkylation sites (tertiary alicyclic amines) is 1. The Labute approximate surface area is 165 Å². The molecule has 11 heteroatoms. The highest BCUT2D eigenvalue weighted by Gasteiger charge is 2.25. The van der Waals surface area contributed by atoms with Gasteiger partial charge >= 0.3 is 0 Å². The van der Waals surface area contributed by atoms with Crippen LogP contribution in [0, 0.1) is 5.82 Å². The Balaban J connectivity index is 1.76. The van der Waals surface area contributed by atoms with E-state index in [1.54, 1.807) is 11.8 Å². The first kappa shape index (κ1) is 22.7. The first-order valence-corrected chi connectivity index (χ1v) is 12.3. The number of piperidine rings is 1. The Hall–Kier alpha value is -1.56. The van der Waals surface area contributed by atoms with Gasteiger partial charge in [-0.3, -0.25) is 4.79 Å². The number of halogens is 1. The Morgan fingerprint density at radius 2 is 1.75 bits per heavy atom. The van der Waals surface area contributed by atoms with Gasteiger partial charge < -0.3 is 4.90 Å². The summed E-state index contributed by atoms with van der Waals surface area (Å²) >= 11 is 0. The van der Waals surface area contributed by atoms with Gasteiger partial charge in [0.05, 0.1) is 10.6 Å². The summed E-state index contributed by atoms with van der Waals surface area (Å²) < 4.78 is 65.7. The summed E-state index contributed by atoms with van der Waals surface area (Å²) in [5.41, 5.74) is 0. The third-order valence-corrected chi connectivity index (χ3v) is 7.54. The van der Waals surface area contributed by atoms with E-state index < -0.39 is 25.9 Å². The van der Waals surface area contributed by atoms with Crippen LogP contribution >= 0.6 is 0 Å². The van der Waals surface area contributed by atoms with E-state index in [1.807, 2.05) is 0 Å². The highest BCUT2D eigenvalue weighted by Crippen LogP contribution is 2.13. The molecule has 8 nitrogen and oxygen atoms in total. The van der Waals surface area contributed by atoms with Gasteiger partial charge in [0.15, 0.2) is 0 Å². The zero-order valence-electron chi connectivity index (χ0n) is 15.7. The molecule has 0 atom stereocenters. The van der Waals surface area contributed by atoms with E-state index in [0.717, 1.165) is 24.3 Å².